The lowest BCUT2D eigenvalue weighted by Gasteiger charge is -1.99. The summed E-state index contributed by atoms with van der Waals surface area (Å²) in [5.74, 6) is 0. The molecule has 0 aliphatic heterocycles. The van der Waals surface area contributed by atoms with E-state index in [0.717, 1.165) is 5.69 Å². The smallest absolute Gasteiger partial charge is 0.0404 e. The Balaban J connectivity index is 0.000000810. The summed E-state index contributed by atoms with van der Waals surface area (Å²) >= 11 is 0. The second-order valence-electron chi connectivity index (χ2n) is 2.34. The summed E-state index contributed by atoms with van der Waals surface area (Å²) in [5, 5.41) is 0. The van der Waals surface area contributed by atoms with Crippen molar-refractivity contribution in [3.8, 4) is 0 Å². The quantitative estimate of drug-likeness (QED) is 0.597. The molecule has 0 fully saturated rings. The van der Waals surface area contributed by atoms with Gasteiger partial charge in [0.2, 0.25) is 0 Å². The van der Waals surface area contributed by atoms with Gasteiger partial charge in [0.1, 0.15) is 0 Å². The largest absolute Gasteiger partial charge is 0.344 e. The van der Waals surface area contributed by atoms with E-state index in [0.29, 0.717) is 0 Å². The Labute approximate surface area is 61.9 Å². The zero-order valence-corrected chi connectivity index (χ0v) is 6.81. The topological polar surface area (TPSA) is 47.9 Å². The van der Waals surface area contributed by atoms with Crippen LogP contribution in [0.2, 0.25) is 0 Å². The van der Waals surface area contributed by atoms with E-state index in [1.165, 1.54) is 11.1 Å². The fraction of sp³-hybridized carbons (Fsp3) is 0.375. The number of aromatic nitrogens is 1. The third-order valence-electron chi connectivity index (χ3n) is 1.73. The highest BCUT2D eigenvalue weighted by Crippen LogP contribution is 2.06. The van der Waals surface area contributed by atoms with Crippen molar-refractivity contribution in [3.63, 3.8) is 0 Å². The molecule has 1 aromatic rings. The van der Waals surface area contributed by atoms with Crippen molar-refractivity contribution in [2.45, 2.75) is 20.8 Å². The van der Waals surface area contributed by atoms with Crippen LogP contribution in [-0.4, -0.2) is 4.98 Å². The van der Waals surface area contributed by atoms with E-state index < -0.39 is 0 Å². The van der Waals surface area contributed by atoms with Gasteiger partial charge < -0.3 is 6.15 Å². The number of aryl methyl sites for hydroxylation is 2. The monoisotopic (exact) mass is 138 g/mol. The van der Waals surface area contributed by atoms with Crippen LogP contribution in [0.4, 0.5) is 0 Å². The van der Waals surface area contributed by atoms with Crippen LogP contribution in [0.1, 0.15) is 16.8 Å². The predicted octanol–water partition coefficient (Wildman–Crippen LogP) is 2.17. The van der Waals surface area contributed by atoms with Crippen LogP contribution < -0.4 is 6.15 Å². The molecular weight excluding hydrogens is 124 g/mol. The van der Waals surface area contributed by atoms with Gasteiger partial charge in [0, 0.05) is 11.9 Å². The molecule has 0 atom stereocenters. The molecule has 10 heavy (non-hydrogen) atoms. The Kier molecular flexibility index (Phi) is 3.03. The van der Waals surface area contributed by atoms with Crippen molar-refractivity contribution in [3.05, 3.63) is 29.1 Å². The maximum absolute atomic E-state index is 4.14. The molecule has 56 valence electrons. The summed E-state index contributed by atoms with van der Waals surface area (Å²) in [6.07, 6.45) is 1.84. The fourth-order valence-corrected chi connectivity index (χ4v) is 0.768. The summed E-state index contributed by atoms with van der Waals surface area (Å²) in [4.78, 5) is 4.14. The molecule has 2 heteroatoms. The average molecular weight is 138 g/mol. The molecule has 0 saturated heterocycles. The van der Waals surface area contributed by atoms with Crippen LogP contribution in [-0.2, 0) is 0 Å². The molecule has 0 aromatic carbocycles. The normalized spacial score (nSPS) is 8.70. The van der Waals surface area contributed by atoms with Crippen molar-refractivity contribution < 1.29 is 0 Å². The van der Waals surface area contributed by atoms with E-state index >= 15 is 0 Å². The molecule has 0 radical (unpaired) electrons. The molecule has 3 N–H and O–H groups in total. The van der Waals surface area contributed by atoms with E-state index in [2.05, 4.69) is 18.8 Å². The van der Waals surface area contributed by atoms with Crippen molar-refractivity contribution in [2.75, 3.05) is 0 Å². The van der Waals surface area contributed by atoms with Crippen molar-refractivity contribution >= 4 is 0 Å². The summed E-state index contributed by atoms with van der Waals surface area (Å²) in [6, 6.07) is 2.03. The number of pyridine rings is 1. The van der Waals surface area contributed by atoms with Crippen LogP contribution in [0.5, 0.6) is 0 Å². The van der Waals surface area contributed by atoms with Gasteiger partial charge in [0.15, 0.2) is 0 Å². The van der Waals surface area contributed by atoms with Crippen LogP contribution in [0.25, 0.3) is 0 Å². The lowest BCUT2D eigenvalue weighted by molar-refractivity contribution is 1.12. The second kappa shape index (κ2) is 3.32. The van der Waals surface area contributed by atoms with Gasteiger partial charge in [0.05, 0.1) is 0 Å². The van der Waals surface area contributed by atoms with E-state index in [4.69, 9.17) is 0 Å². The fourth-order valence-electron chi connectivity index (χ4n) is 0.768. The Bertz CT molecular complexity index is 198. The minimum absolute atomic E-state index is 0. The van der Waals surface area contributed by atoms with E-state index in [1.54, 1.807) is 0 Å². The third kappa shape index (κ3) is 1.54. The molecule has 1 rings (SSSR count). The zero-order valence-electron chi connectivity index (χ0n) is 6.81. The Morgan fingerprint density at radius 3 is 2.20 bits per heavy atom. The molecular formula is C8H14N2. The highest BCUT2D eigenvalue weighted by Gasteiger charge is 1.93. The lowest BCUT2D eigenvalue weighted by Crippen LogP contribution is -1.87. The minimum atomic E-state index is 0. The molecule has 0 saturated carbocycles. The van der Waals surface area contributed by atoms with Crippen molar-refractivity contribution in [1.82, 2.24) is 11.1 Å². The third-order valence-corrected chi connectivity index (χ3v) is 1.73. The molecule has 0 spiro atoms. The summed E-state index contributed by atoms with van der Waals surface area (Å²) in [6.45, 7) is 6.23. The molecule has 0 amide bonds. The van der Waals surface area contributed by atoms with Crippen LogP contribution >= 0.6 is 0 Å². The summed E-state index contributed by atoms with van der Waals surface area (Å²) < 4.78 is 0. The molecule has 1 aromatic heterocycles. The van der Waals surface area contributed by atoms with Gasteiger partial charge in [-0.1, -0.05) is 0 Å². The van der Waals surface area contributed by atoms with Crippen molar-refractivity contribution in [2.24, 2.45) is 0 Å². The van der Waals surface area contributed by atoms with Crippen molar-refractivity contribution in [1.29, 1.82) is 0 Å². The number of hydrogen-bond acceptors (Lipinski definition) is 2. The van der Waals surface area contributed by atoms with Gasteiger partial charge in [0.25, 0.3) is 0 Å². The van der Waals surface area contributed by atoms with Crippen LogP contribution in [0.3, 0.4) is 0 Å². The van der Waals surface area contributed by atoms with Gasteiger partial charge in [-0.2, -0.15) is 0 Å². The molecule has 0 unspecified atom stereocenters. The van der Waals surface area contributed by atoms with E-state index in [1.807, 2.05) is 19.2 Å². The molecule has 0 aliphatic carbocycles. The number of nitrogens with zero attached hydrogens (tertiary/aromatic N) is 1. The highest BCUT2D eigenvalue weighted by molar-refractivity contribution is 5.25. The first-order chi connectivity index (χ1) is 4.22. The van der Waals surface area contributed by atoms with Crippen LogP contribution in [0, 0.1) is 20.8 Å². The predicted molar refractivity (Wildman–Crippen MR) is 43.5 cm³/mol. The SMILES string of the molecule is Cc1ccnc(C)c1C.N. The first-order valence-corrected chi connectivity index (χ1v) is 3.10. The Morgan fingerprint density at radius 1 is 1.20 bits per heavy atom. The van der Waals surface area contributed by atoms with E-state index in [9.17, 15) is 0 Å². The Hall–Kier alpha value is -0.890. The standard InChI is InChI=1S/C8H11N.H3N/c1-6-4-5-9-8(3)7(6)2;/h4-5H,1-3H3;1H3. The maximum Gasteiger partial charge on any atom is 0.0404 e. The van der Waals surface area contributed by atoms with Gasteiger partial charge in [-0.15, -0.1) is 0 Å². The second-order valence-corrected chi connectivity index (χ2v) is 2.34. The van der Waals surface area contributed by atoms with Gasteiger partial charge in [-0.25, -0.2) is 0 Å². The van der Waals surface area contributed by atoms with E-state index in [-0.39, 0.29) is 6.15 Å². The van der Waals surface area contributed by atoms with Gasteiger partial charge >= 0.3 is 0 Å². The van der Waals surface area contributed by atoms with Gasteiger partial charge in [-0.05, 0) is 38.0 Å². The first kappa shape index (κ1) is 9.11. The molecule has 0 bridgehead atoms. The summed E-state index contributed by atoms with van der Waals surface area (Å²) in [5.41, 5.74) is 3.76. The Morgan fingerprint density at radius 2 is 1.80 bits per heavy atom. The zero-order chi connectivity index (χ0) is 6.85. The maximum atomic E-state index is 4.14. The number of hydrogen-bond donors (Lipinski definition) is 1. The lowest BCUT2D eigenvalue weighted by atomic mass is 10.1. The average Bonchev–Trinajstić information content (AvgIpc) is 1.83. The molecule has 1 heterocycles. The first-order valence-electron chi connectivity index (χ1n) is 3.10. The minimum Gasteiger partial charge on any atom is -0.344 e. The summed E-state index contributed by atoms with van der Waals surface area (Å²) in [7, 11) is 0. The molecule has 2 nitrogen and oxygen atoms in total. The van der Waals surface area contributed by atoms with Gasteiger partial charge in [-0.3, -0.25) is 4.98 Å². The highest BCUT2D eigenvalue weighted by atomic mass is 14.7. The van der Waals surface area contributed by atoms with Crippen LogP contribution in [0.15, 0.2) is 12.3 Å². The molecule has 0 aliphatic rings. The number of rotatable bonds is 0.